The van der Waals surface area contributed by atoms with Crippen molar-refractivity contribution < 1.29 is 49.1 Å². The van der Waals surface area contributed by atoms with E-state index in [9.17, 15) is 30.1 Å². The minimum Gasteiger partial charge on any atom is -0.459 e. The second-order valence-corrected chi connectivity index (χ2v) is 13.4. The number of likely N-dealkylation sites (N-methyl/N-ethyl adjacent to an activating group) is 1. The lowest BCUT2D eigenvalue weighted by Crippen LogP contribution is -2.60. The summed E-state index contributed by atoms with van der Waals surface area (Å²) in [4.78, 5) is 29.2. The molecular formula is C32H56N2O10. The number of aliphatic hydroxyl groups is 3. The number of nitrogens with zero attached hydrogens (tertiary/aromatic N) is 2. The summed E-state index contributed by atoms with van der Waals surface area (Å²) in [5.74, 6) is -5.01. The topological polar surface area (TPSA) is 168 Å². The van der Waals surface area contributed by atoms with Crippen LogP contribution < -0.4 is 0 Å². The van der Waals surface area contributed by atoms with Gasteiger partial charge < -0.3 is 44.4 Å². The number of esters is 1. The Morgan fingerprint density at radius 1 is 1.11 bits per heavy atom. The average Bonchev–Trinajstić information content (AvgIpc) is 2.96. The second-order valence-electron chi connectivity index (χ2n) is 13.4. The molecule has 2 aliphatic heterocycles. The molecule has 0 aromatic carbocycles. The van der Waals surface area contributed by atoms with Gasteiger partial charge in [0.2, 0.25) is 0 Å². The number of ketones is 1. The minimum atomic E-state index is -1.93. The molecule has 2 saturated heterocycles. The van der Waals surface area contributed by atoms with Crippen LogP contribution in [0.25, 0.3) is 0 Å². The number of ether oxygens (including phenoxy) is 4. The summed E-state index contributed by atoms with van der Waals surface area (Å²) in [5.41, 5.74) is -3.05. The maximum atomic E-state index is 14.0. The minimum absolute atomic E-state index is 0.0725. The number of rotatable bonds is 7. The van der Waals surface area contributed by atoms with E-state index in [0.29, 0.717) is 6.42 Å². The van der Waals surface area contributed by atoms with Crippen LogP contribution in [0.4, 0.5) is 0 Å². The molecule has 12 heteroatoms. The van der Waals surface area contributed by atoms with E-state index in [1.54, 1.807) is 40.7 Å². The van der Waals surface area contributed by atoms with Gasteiger partial charge in [-0.2, -0.15) is 0 Å². The van der Waals surface area contributed by atoms with E-state index < -0.39 is 77.3 Å². The van der Waals surface area contributed by atoms with Gasteiger partial charge in [-0.1, -0.05) is 38.9 Å². The smallest absolute Gasteiger partial charge is 0.316 e. The molecule has 0 aliphatic carbocycles. The standard InChI is InChI=1S/C32H56N2O10/c1-12-14-41-31(8)16-17(3)24(33-40)19(5)27(37)32(9,39)23(13-2)43-29(38)21(7)25(35)20(6)28(31)44-30-26(36)22(34(10)11)15-18(4)42-30/h12,17-23,26-28,30,36-37,39-40H,1,13-16H2,2-11H3/b33-24+/t17-,18-,19-,20+,21-,22+,23+,26-,27-,28-,30+,31-,32-/m1/s1. The van der Waals surface area contributed by atoms with E-state index in [2.05, 4.69) is 11.7 Å². The number of Topliss-reactive ketones (excluding diaryl/α,β-unsaturated/α-hetero) is 1. The van der Waals surface area contributed by atoms with Gasteiger partial charge in [-0.25, -0.2) is 0 Å². The molecule has 44 heavy (non-hydrogen) atoms. The van der Waals surface area contributed by atoms with E-state index in [-0.39, 0.29) is 37.3 Å². The first-order chi connectivity index (χ1) is 20.4. The van der Waals surface area contributed by atoms with E-state index in [1.807, 2.05) is 25.9 Å². The molecule has 0 spiro atoms. The number of oxime groups is 1. The van der Waals surface area contributed by atoms with Crippen LogP contribution in [0.15, 0.2) is 17.8 Å². The molecule has 2 aliphatic rings. The highest BCUT2D eigenvalue weighted by atomic mass is 16.7. The fourth-order valence-electron chi connectivity index (χ4n) is 6.82. The Hall–Kier alpha value is -1.93. The molecule has 0 amide bonds. The van der Waals surface area contributed by atoms with Crippen LogP contribution in [0.2, 0.25) is 0 Å². The van der Waals surface area contributed by atoms with Crippen molar-refractivity contribution in [3.8, 4) is 0 Å². The number of cyclic esters (lactones) is 1. The summed E-state index contributed by atoms with van der Waals surface area (Å²) in [5, 5.41) is 47.7. The zero-order valence-corrected chi connectivity index (χ0v) is 28.1. The predicted octanol–water partition coefficient (Wildman–Crippen LogP) is 2.54. The lowest BCUT2D eigenvalue weighted by atomic mass is 9.74. The average molecular weight is 629 g/mol. The Kier molecular flexibility index (Phi) is 13.5. The van der Waals surface area contributed by atoms with E-state index in [4.69, 9.17) is 18.9 Å². The van der Waals surface area contributed by atoms with Gasteiger partial charge in [-0.15, -0.1) is 6.58 Å². The molecule has 2 rings (SSSR count). The lowest BCUT2D eigenvalue weighted by Gasteiger charge is -2.47. The molecule has 12 nitrogen and oxygen atoms in total. The number of aliphatic hydroxyl groups excluding tert-OH is 2. The van der Waals surface area contributed by atoms with Gasteiger partial charge in [0.05, 0.1) is 36.2 Å². The molecule has 0 saturated carbocycles. The maximum Gasteiger partial charge on any atom is 0.316 e. The Morgan fingerprint density at radius 3 is 2.25 bits per heavy atom. The first-order valence-corrected chi connectivity index (χ1v) is 15.6. The third-order valence-electron chi connectivity index (χ3n) is 9.52. The summed E-state index contributed by atoms with van der Waals surface area (Å²) in [6.07, 6.45) is -3.75. The Balaban J connectivity index is 2.73. The van der Waals surface area contributed by atoms with Crippen molar-refractivity contribution in [1.82, 2.24) is 4.90 Å². The third-order valence-corrected chi connectivity index (χ3v) is 9.52. The quantitative estimate of drug-likeness (QED) is 0.108. The summed E-state index contributed by atoms with van der Waals surface area (Å²) in [6.45, 7) is 17.0. The highest BCUT2D eigenvalue weighted by Gasteiger charge is 2.51. The van der Waals surface area contributed by atoms with Gasteiger partial charge in [0.1, 0.15) is 23.7 Å². The SMILES string of the molecule is C=CCO[C@]1(C)C[C@@H](C)/C(=N\O)[C@@H](C)[C@@H](O)[C@](C)(O)[C@H](CC)OC(=O)[C@H](C)C(=O)[C@H](C)[C@H]1O[C@@H]1O[C@H](C)C[C@H](N(C)C)[C@H]1O. The second kappa shape index (κ2) is 15.6. The predicted molar refractivity (Wildman–Crippen MR) is 164 cm³/mol. The van der Waals surface area contributed by atoms with Crippen molar-refractivity contribution >= 4 is 17.5 Å². The molecule has 2 fully saturated rings. The number of carbonyl (C=O) groups is 2. The molecule has 0 aromatic heterocycles. The highest BCUT2D eigenvalue weighted by Crippen LogP contribution is 2.39. The molecule has 0 bridgehead atoms. The molecule has 13 atom stereocenters. The van der Waals surface area contributed by atoms with Crippen LogP contribution in [0.1, 0.15) is 74.7 Å². The van der Waals surface area contributed by atoms with Crippen molar-refractivity contribution in [2.45, 2.75) is 129 Å². The van der Waals surface area contributed by atoms with Crippen LogP contribution in [-0.2, 0) is 28.5 Å². The van der Waals surface area contributed by atoms with Crippen LogP contribution in [-0.4, -0.2) is 118 Å². The fraction of sp³-hybridized carbons (Fsp3) is 0.844. The van der Waals surface area contributed by atoms with E-state index in [0.717, 1.165) is 0 Å². The number of hydrogen-bond acceptors (Lipinski definition) is 12. The van der Waals surface area contributed by atoms with Gasteiger partial charge in [-0.05, 0) is 61.1 Å². The molecular weight excluding hydrogens is 572 g/mol. The van der Waals surface area contributed by atoms with Crippen LogP contribution in [0.5, 0.6) is 0 Å². The van der Waals surface area contributed by atoms with Crippen molar-refractivity contribution in [1.29, 1.82) is 0 Å². The zero-order valence-electron chi connectivity index (χ0n) is 28.1. The van der Waals surface area contributed by atoms with Gasteiger partial charge in [0, 0.05) is 23.8 Å². The number of hydrogen-bond donors (Lipinski definition) is 4. The zero-order chi connectivity index (χ0) is 33.7. The summed E-state index contributed by atoms with van der Waals surface area (Å²) in [7, 11) is 3.71. The van der Waals surface area contributed by atoms with Gasteiger partial charge >= 0.3 is 5.97 Å². The maximum absolute atomic E-state index is 14.0. The molecule has 0 unspecified atom stereocenters. The van der Waals surface area contributed by atoms with Crippen LogP contribution in [0.3, 0.4) is 0 Å². The summed E-state index contributed by atoms with van der Waals surface area (Å²) in [6, 6.07) is -0.282. The summed E-state index contributed by atoms with van der Waals surface area (Å²) < 4.78 is 24.6. The third kappa shape index (κ3) is 8.26. The number of carbonyl (C=O) groups excluding carboxylic acids is 2. The van der Waals surface area contributed by atoms with Gasteiger partial charge in [0.25, 0.3) is 0 Å². The Bertz CT molecular complexity index is 1020. The monoisotopic (exact) mass is 628 g/mol. The first-order valence-electron chi connectivity index (χ1n) is 15.6. The first kappa shape index (κ1) is 38.3. The van der Waals surface area contributed by atoms with Gasteiger partial charge in [0.15, 0.2) is 12.1 Å². The molecule has 0 aromatic rings. The molecule has 4 N–H and O–H groups in total. The molecule has 254 valence electrons. The van der Waals surface area contributed by atoms with Crippen molar-refractivity contribution in [2.24, 2.45) is 28.8 Å². The van der Waals surface area contributed by atoms with Crippen molar-refractivity contribution in [3.63, 3.8) is 0 Å². The summed E-state index contributed by atoms with van der Waals surface area (Å²) >= 11 is 0. The Morgan fingerprint density at radius 2 is 1.73 bits per heavy atom. The largest absolute Gasteiger partial charge is 0.459 e. The van der Waals surface area contributed by atoms with Gasteiger partial charge in [-0.3, -0.25) is 9.59 Å². The van der Waals surface area contributed by atoms with E-state index in [1.165, 1.54) is 13.8 Å². The van der Waals surface area contributed by atoms with Crippen molar-refractivity contribution in [2.75, 3.05) is 20.7 Å². The van der Waals surface area contributed by atoms with Crippen LogP contribution >= 0.6 is 0 Å². The Labute approximate surface area is 262 Å². The van der Waals surface area contributed by atoms with Crippen molar-refractivity contribution in [3.05, 3.63) is 12.7 Å². The van der Waals surface area contributed by atoms with E-state index >= 15 is 0 Å². The normalized spacial score (nSPS) is 44.3. The molecule has 0 radical (unpaired) electrons. The highest BCUT2D eigenvalue weighted by molar-refractivity contribution is 6.00. The fourth-order valence-corrected chi connectivity index (χ4v) is 6.82. The molecule has 2 heterocycles. The van der Waals surface area contributed by atoms with Crippen LogP contribution in [0, 0.1) is 23.7 Å². The lowest BCUT2D eigenvalue weighted by molar-refractivity contribution is -0.296.